The summed E-state index contributed by atoms with van der Waals surface area (Å²) in [6.45, 7) is 3.62. The van der Waals surface area contributed by atoms with Crippen LogP contribution >= 0.6 is 22.9 Å². The number of nitrogens with zero attached hydrogens (tertiary/aromatic N) is 1. The minimum absolute atomic E-state index is 0.0159. The number of hydrogen-bond acceptors (Lipinski definition) is 5. The van der Waals surface area contributed by atoms with E-state index in [2.05, 4.69) is 15.0 Å². The van der Waals surface area contributed by atoms with Crippen molar-refractivity contribution in [3.05, 3.63) is 58.7 Å². The fraction of sp³-hybridized carbons (Fsp3) is 0.304. The van der Waals surface area contributed by atoms with Gasteiger partial charge < -0.3 is 5.32 Å². The van der Waals surface area contributed by atoms with Gasteiger partial charge in [-0.15, -0.1) is 0 Å². The number of carbonyl (C=O) groups is 1. The largest absolute Gasteiger partial charge is 0.302 e. The van der Waals surface area contributed by atoms with Crippen LogP contribution in [0.3, 0.4) is 0 Å². The Hall–Kier alpha value is -2.42. The van der Waals surface area contributed by atoms with Gasteiger partial charge in [-0.3, -0.25) is 9.52 Å². The molecule has 0 unspecified atom stereocenters. The van der Waals surface area contributed by atoms with Gasteiger partial charge in [0.25, 0.3) is 10.0 Å². The third-order valence-electron chi connectivity index (χ3n) is 5.59. The molecule has 1 saturated carbocycles. The second kappa shape index (κ2) is 9.21. The fourth-order valence-electron chi connectivity index (χ4n) is 3.87. The molecule has 2 N–H and O–H groups in total. The van der Waals surface area contributed by atoms with Crippen molar-refractivity contribution in [1.29, 1.82) is 0 Å². The minimum Gasteiger partial charge on any atom is -0.302 e. The van der Waals surface area contributed by atoms with Crippen LogP contribution in [0.4, 0.5) is 10.8 Å². The van der Waals surface area contributed by atoms with Gasteiger partial charge in [0.1, 0.15) is 0 Å². The van der Waals surface area contributed by atoms with Crippen LogP contribution in [-0.2, 0) is 14.8 Å². The van der Waals surface area contributed by atoms with Crippen molar-refractivity contribution in [2.45, 2.75) is 44.4 Å². The maximum atomic E-state index is 13.1. The second-order valence-electron chi connectivity index (χ2n) is 8.00. The first-order chi connectivity index (χ1) is 15.2. The third kappa shape index (κ3) is 4.98. The maximum Gasteiger partial charge on any atom is 0.262 e. The van der Waals surface area contributed by atoms with Crippen LogP contribution in [0.5, 0.6) is 0 Å². The SMILES string of the molecule is Cc1ccc(-c2sc(NC(=O)C3CCCC3)nc2C)cc1S(=O)(=O)Nc1ccc(Cl)cc1. The van der Waals surface area contributed by atoms with E-state index in [-0.39, 0.29) is 16.7 Å². The zero-order valence-corrected chi connectivity index (χ0v) is 20.2. The van der Waals surface area contributed by atoms with Crippen molar-refractivity contribution in [3.8, 4) is 10.4 Å². The normalized spacial score (nSPS) is 14.5. The summed E-state index contributed by atoms with van der Waals surface area (Å²) >= 11 is 7.25. The van der Waals surface area contributed by atoms with Gasteiger partial charge >= 0.3 is 0 Å². The van der Waals surface area contributed by atoms with Gasteiger partial charge in [0.2, 0.25) is 5.91 Å². The molecule has 168 valence electrons. The summed E-state index contributed by atoms with van der Waals surface area (Å²) in [7, 11) is -3.80. The predicted octanol–water partition coefficient (Wildman–Crippen LogP) is 6.01. The lowest BCUT2D eigenvalue weighted by atomic mass is 10.1. The molecule has 0 aliphatic heterocycles. The van der Waals surface area contributed by atoms with E-state index in [1.54, 1.807) is 43.3 Å². The first-order valence-electron chi connectivity index (χ1n) is 10.4. The molecule has 2 aromatic carbocycles. The minimum atomic E-state index is -3.80. The molecule has 0 bridgehead atoms. The van der Waals surface area contributed by atoms with Gasteiger partial charge in [0, 0.05) is 16.6 Å². The van der Waals surface area contributed by atoms with Gasteiger partial charge in [0.15, 0.2) is 5.13 Å². The first-order valence-corrected chi connectivity index (χ1v) is 13.1. The lowest BCUT2D eigenvalue weighted by molar-refractivity contribution is -0.119. The molecule has 4 rings (SSSR count). The lowest BCUT2D eigenvalue weighted by Gasteiger charge is -2.12. The number of sulfonamides is 1. The molecule has 1 fully saturated rings. The number of halogens is 1. The molecule has 0 radical (unpaired) electrons. The summed E-state index contributed by atoms with van der Waals surface area (Å²) in [6, 6.07) is 11.8. The van der Waals surface area contributed by atoms with E-state index in [0.29, 0.717) is 21.4 Å². The van der Waals surface area contributed by atoms with Crippen LogP contribution in [0.25, 0.3) is 10.4 Å². The van der Waals surface area contributed by atoms with Gasteiger partial charge in [-0.1, -0.05) is 47.9 Å². The molecule has 32 heavy (non-hydrogen) atoms. The average molecular weight is 490 g/mol. The van der Waals surface area contributed by atoms with Crippen LogP contribution in [-0.4, -0.2) is 19.3 Å². The number of hydrogen-bond donors (Lipinski definition) is 2. The number of aromatic nitrogens is 1. The molecule has 1 aromatic heterocycles. The van der Waals surface area contributed by atoms with Gasteiger partial charge in [0.05, 0.1) is 15.5 Å². The lowest BCUT2D eigenvalue weighted by Crippen LogP contribution is -2.20. The molecule has 6 nitrogen and oxygen atoms in total. The van der Waals surface area contributed by atoms with Crippen molar-refractivity contribution in [2.24, 2.45) is 5.92 Å². The number of benzene rings is 2. The molecule has 0 spiro atoms. The highest BCUT2D eigenvalue weighted by Gasteiger charge is 2.24. The van der Waals surface area contributed by atoms with Gasteiger partial charge in [-0.2, -0.15) is 0 Å². The summed E-state index contributed by atoms with van der Waals surface area (Å²) in [5.74, 6) is 0.0693. The number of carbonyl (C=O) groups excluding carboxylic acids is 1. The molecule has 0 saturated heterocycles. The molecule has 3 aromatic rings. The Kier molecular flexibility index (Phi) is 6.55. The molecule has 1 aliphatic carbocycles. The van der Waals surface area contributed by atoms with Crippen LogP contribution in [0.1, 0.15) is 36.9 Å². The van der Waals surface area contributed by atoms with E-state index < -0.39 is 10.0 Å². The highest BCUT2D eigenvalue weighted by molar-refractivity contribution is 7.92. The molecular weight excluding hydrogens is 466 g/mol. The quantitative estimate of drug-likeness (QED) is 0.443. The van der Waals surface area contributed by atoms with E-state index in [1.165, 1.54) is 11.3 Å². The van der Waals surface area contributed by atoms with Crippen LogP contribution in [0.15, 0.2) is 47.4 Å². The highest BCUT2D eigenvalue weighted by atomic mass is 35.5. The van der Waals surface area contributed by atoms with Crippen molar-refractivity contribution >= 4 is 49.7 Å². The number of nitrogens with one attached hydrogen (secondary N) is 2. The van der Waals surface area contributed by atoms with Crippen molar-refractivity contribution in [2.75, 3.05) is 10.0 Å². The highest BCUT2D eigenvalue weighted by Crippen LogP contribution is 2.36. The topological polar surface area (TPSA) is 88.2 Å². The summed E-state index contributed by atoms with van der Waals surface area (Å²) in [5.41, 5.74) is 2.55. The van der Waals surface area contributed by atoms with Gasteiger partial charge in [-0.25, -0.2) is 13.4 Å². The standard InChI is InChI=1S/C23H24ClN3O3S2/c1-14-7-8-17(13-20(14)32(29,30)27-19-11-9-18(24)10-12-19)21-15(2)25-23(31-21)26-22(28)16-5-3-4-6-16/h7-13,16,27H,3-6H2,1-2H3,(H,25,26,28). The molecule has 1 aliphatic rings. The van der Waals surface area contributed by atoms with Crippen molar-refractivity contribution < 1.29 is 13.2 Å². The molecule has 1 amide bonds. The van der Waals surface area contributed by atoms with E-state index in [4.69, 9.17) is 11.6 Å². The zero-order chi connectivity index (χ0) is 22.9. The monoisotopic (exact) mass is 489 g/mol. The van der Waals surface area contributed by atoms with E-state index in [9.17, 15) is 13.2 Å². The molecule has 9 heteroatoms. The Bertz CT molecular complexity index is 1250. The van der Waals surface area contributed by atoms with Crippen LogP contribution in [0.2, 0.25) is 5.02 Å². The Balaban J connectivity index is 1.60. The zero-order valence-electron chi connectivity index (χ0n) is 17.8. The molecule has 0 atom stereocenters. The van der Waals surface area contributed by atoms with E-state index in [0.717, 1.165) is 41.8 Å². The van der Waals surface area contributed by atoms with E-state index in [1.807, 2.05) is 13.0 Å². The third-order valence-corrected chi connectivity index (χ3v) is 8.49. The predicted molar refractivity (Wildman–Crippen MR) is 130 cm³/mol. The van der Waals surface area contributed by atoms with Crippen molar-refractivity contribution in [1.82, 2.24) is 4.98 Å². The number of rotatable bonds is 6. The summed E-state index contributed by atoms with van der Waals surface area (Å²) < 4.78 is 28.7. The van der Waals surface area contributed by atoms with Gasteiger partial charge in [-0.05, 0) is 68.1 Å². The van der Waals surface area contributed by atoms with Crippen LogP contribution < -0.4 is 10.0 Å². The Morgan fingerprint density at radius 2 is 1.78 bits per heavy atom. The van der Waals surface area contributed by atoms with E-state index >= 15 is 0 Å². The number of aryl methyl sites for hydroxylation is 2. The molecule has 1 heterocycles. The number of thiazole rings is 1. The smallest absolute Gasteiger partial charge is 0.262 e. The Labute approximate surface area is 197 Å². The van der Waals surface area contributed by atoms with Crippen LogP contribution in [0, 0.1) is 19.8 Å². The fourth-order valence-corrected chi connectivity index (χ4v) is 6.29. The summed E-state index contributed by atoms with van der Waals surface area (Å²) in [4.78, 5) is 18.0. The summed E-state index contributed by atoms with van der Waals surface area (Å²) in [6.07, 6.45) is 4.02. The Morgan fingerprint density at radius 3 is 2.47 bits per heavy atom. The second-order valence-corrected chi connectivity index (χ2v) is 11.1. The summed E-state index contributed by atoms with van der Waals surface area (Å²) in [5, 5.41) is 4.01. The Morgan fingerprint density at radius 1 is 1.09 bits per heavy atom. The number of amides is 1. The number of anilines is 2. The maximum absolute atomic E-state index is 13.1. The molecular formula is C23H24ClN3O3S2. The first kappa shape index (κ1) is 22.8. The average Bonchev–Trinajstić information content (AvgIpc) is 3.40. The van der Waals surface area contributed by atoms with Crippen molar-refractivity contribution in [3.63, 3.8) is 0 Å².